The van der Waals surface area contributed by atoms with Gasteiger partial charge in [-0.3, -0.25) is 19.3 Å². The molecule has 4 heterocycles. The number of hydrogen-bond acceptors (Lipinski definition) is 6. The Morgan fingerprint density at radius 1 is 1.17 bits per heavy atom. The Balaban J connectivity index is 1.73. The summed E-state index contributed by atoms with van der Waals surface area (Å²) in [4.78, 5) is 42.4. The average molecular weight is 415 g/mol. The Morgan fingerprint density at radius 3 is 2.50 bits per heavy atom. The van der Waals surface area contributed by atoms with Crippen molar-refractivity contribution in [2.75, 3.05) is 39.4 Å². The predicted octanol–water partition coefficient (Wildman–Crippen LogP) is 0.671. The predicted molar refractivity (Wildman–Crippen MR) is 111 cm³/mol. The van der Waals surface area contributed by atoms with Crippen molar-refractivity contribution in [3.8, 4) is 0 Å². The van der Waals surface area contributed by atoms with Gasteiger partial charge in [0.1, 0.15) is 17.1 Å². The minimum absolute atomic E-state index is 0.0322. The lowest BCUT2D eigenvalue weighted by Gasteiger charge is -2.28. The van der Waals surface area contributed by atoms with E-state index in [1.54, 1.807) is 9.47 Å². The first-order chi connectivity index (χ1) is 14.2. The van der Waals surface area contributed by atoms with Crippen molar-refractivity contribution in [1.29, 1.82) is 0 Å². The molecule has 0 N–H and O–H groups in total. The van der Waals surface area contributed by atoms with Gasteiger partial charge in [0.15, 0.2) is 0 Å². The molecule has 0 saturated carbocycles. The molecule has 30 heavy (non-hydrogen) atoms. The summed E-state index contributed by atoms with van der Waals surface area (Å²) in [7, 11) is 0. The van der Waals surface area contributed by atoms with Gasteiger partial charge in [0.2, 0.25) is 0 Å². The molecular weight excluding hydrogens is 386 g/mol. The molecule has 0 atom stereocenters. The van der Waals surface area contributed by atoms with E-state index >= 15 is 0 Å². The molecular formula is C21H29N5O4. The zero-order valence-electron chi connectivity index (χ0n) is 18.1. The van der Waals surface area contributed by atoms with Gasteiger partial charge >= 0.3 is 0 Å². The zero-order valence-corrected chi connectivity index (χ0v) is 18.1. The van der Waals surface area contributed by atoms with Crippen LogP contribution >= 0.6 is 0 Å². The summed E-state index contributed by atoms with van der Waals surface area (Å²) in [5.41, 5.74) is 1.44. The van der Waals surface area contributed by atoms with Gasteiger partial charge < -0.3 is 14.2 Å². The zero-order chi connectivity index (χ0) is 21.6. The minimum atomic E-state index is -0.280. The number of rotatable bonds is 5. The number of aromatic nitrogens is 3. The van der Waals surface area contributed by atoms with Crippen LogP contribution in [0.25, 0.3) is 5.65 Å². The van der Waals surface area contributed by atoms with Gasteiger partial charge in [0.05, 0.1) is 37.6 Å². The first-order valence-electron chi connectivity index (χ1n) is 10.4. The van der Waals surface area contributed by atoms with Gasteiger partial charge in [-0.05, 0) is 6.92 Å². The number of nitrogens with zero attached hydrogens (tertiary/aromatic N) is 5. The normalized spacial score (nSPS) is 17.7. The molecule has 0 aromatic carbocycles. The number of morpholine rings is 1. The Morgan fingerprint density at radius 2 is 1.87 bits per heavy atom. The largest absolute Gasteiger partial charge is 0.379 e. The molecule has 0 radical (unpaired) electrons. The van der Waals surface area contributed by atoms with Crippen LogP contribution in [0, 0.1) is 0 Å². The highest BCUT2D eigenvalue weighted by atomic mass is 16.5. The van der Waals surface area contributed by atoms with Gasteiger partial charge in [-0.1, -0.05) is 20.8 Å². The van der Waals surface area contributed by atoms with Crippen LogP contribution in [0.3, 0.4) is 0 Å². The Bertz CT molecular complexity index is 1060. The van der Waals surface area contributed by atoms with Gasteiger partial charge in [-0.25, -0.2) is 0 Å². The highest BCUT2D eigenvalue weighted by Gasteiger charge is 2.35. The van der Waals surface area contributed by atoms with Gasteiger partial charge in [-0.15, -0.1) is 0 Å². The fraction of sp³-hybridized carbons (Fsp3) is 0.619. The lowest BCUT2D eigenvalue weighted by molar-refractivity contribution is -0.117. The first-order valence-corrected chi connectivity index (χ1v) is 10.4. The highest BCUT2D eigenvalue weighted by Crippen LogP contribution is 2.26. The average Bonchev–Trinajstić information content (AvgIpc) is 3.27. The van der Waals surface area contributed by atoms with Crippen LogP contribution in [0.4, 0.5) is 0 Å². The molecule has 1 fully saturated rings. The SMILES string of the molecule is CC(=O)Cn1c2c(c(=O)n3nc(C(C)(C)C)cc13)CN(CCN1CCOCC1)C2=O. The summed E-state index contributed by atoms with van der Waals surface area (Å²) in [5.74, 6) is -0.279. The molecule has 0 spiro atoms. The van der Waals surface area contributed by atoms with E-state index in [9.17, 15) is 14.4 Å². The van der Waals surface area contributed by atoms with Crippen LogP contribution in [0.2, 0.25) is 0 Å². The van der Waals surface area contributed by atoms with Crippen LogP contribution in [0.15, 0.2) is 10.9 Å². The van der Waals surface area contributed by atoms with Crippen molar-refractivity contribution >= 4 is 17.3 Å². The number of hydrogen-bond donors (Lipinski definition) is 0. The quantitative estimate of drug-likeness (QED) is 0.713. The summed E-state index contributed by atoms with van der Waals surface area (Å²) < 4.78 is 8.39. The molecule has 2 aliphatic rings. The molecule has 2 aromatic rings. The third kappa shape index (κ3) is 3.67. The van der Waals surface area contributed by atoms with Crippen molar-refractivity contribution in [3.63, 3.8) is 0 Å². The third-order valence-electron chi connectivity index (χ3n) is 5.75. The summed E-state index contributed by atoms with van der Waals surface area (Å²) >= 11 is 0. The standard InChI is InChI=1S/C21H29N5O4/c1-14(27)12-25-17-11-16(21(2,3)4)22-26(17)19(28)15-13-24(20(29)18(15)25)6-5-23-7-9-30-10-8-23/h11H,5-10,12-13H2,1-4H3. The Kier molecular flexibility index (Phi) is 5.27. The molecule has 4 rings (SSSR count). The molecule has 2 aliphatic heterocycles. The second kappa shape index (κ2) is 7.63. The fourth-order valence-corrected chi connectivity index (χ4v) is 4.04. The van der Waals surface area contributed by atoms with E-state index in [1.165, 1.54) is 11.4 Å². The van der Waals surface area contributed by atoms with E-state index in [4.69, 9.17) is 4.74 Å². The molecule has 0 aliphatic carbocycles. The van der Waals surface area contributed by atoms with Crippen molar-refractivity contribution in [1.82, 2.24) is 24.0 Å². The molecule has 2 aromatic heterocycles. The lowest BCUT2D eigenvalue weighted by atomic mass is 9.92. The molecule has 0 unspecified atom stereocenters. The van der Waals surface area contributed by atoms with E-state index in [1.807, 2.05) is 26.8 Å². The number of carbonyl (C=O) groups excluding carboxylic acids is 2. The summed E-state index contributed by atoms with van der Waals surface area (Å²) in [5, 5.41) is 4.52. The molecule has 9 heteroatoms. The summed E-state index contributed by atoms with van der Waals surface area (Å²) in [6.07, 6.45) is 0. The van der Waals surface area contributed by atoms with E-state index < -0.39 is 0 Å². The molecule has 1 saturated heterocycles. The monoisotopic (exact) mass is 415 g/mol. The maximum atomic E-state index is 13.3. The van der Waals surface area contributed by atoms with Crippen LogP contribution in [0.5, 0.6) is 0 Å². The summed E-state index contributed by atoms with van der Waals surface area (Å²) in [6, 6.07) is 1.81. The van der Waals surface area contributed by atoms with Crippen LogP contribution in [-0.4, -0.2) is 75.1 Å². The number of ether oxygens (including phenoxy) is 1. The van der Waals surface area contributed by atoms with Crippen molar-refractivity contribution in [2.45, 2.75) is 46.2 Å². The second-order valence-corrected chi connectivity index (χ2v) is 9.15. The third-order valence-corrected chi connectivity index (χ3v) is 5.75. The van der Waals surface area contributed by atoms with Crippen LogP contribution in [0.1, 0.15) is 49.4 Å². The Labute approximate surface area is 175 Å². The molecule has 1 amide bonds. The maximum Gasteiger partial charge on any atom is 0.280 e. The van der Waals surface area contributed by atoms with Crippen molar-refractivity contribution in [2.24, 2.45) is 0 Å². The number of fused-ring (bicyclic) bond motifs is 2. The van der Waals surface area contributed by atoms with Crippen molar-refractivity contribution in [3.05, 3.63) is 33.4 Å². The van der Waals surface area contributed by atoms with E-state index in [0.717, 1.165) is 25.3 Å². The van der Waals surface area contributed by atoms with Crippen LogP contribution in [-0.2, 0) is 28.0 Å². The molecule has 162 valence electrons. The van der Waals surface area contributed by atoms with E-state index in [0.29, 0.717) is 36.7 Å². The Hall–Kier alpha value is -2.52. The van der Waals surface area contributed by atoms with E-state index in [2.05, 4.69) is 10.00 Å². The lowest BCUT2D eigenvalue weighted by Crippen LogP contribution is -2.41. The number of ketones is 1. The fourth-order valence-electron chi connectivity index (χ4n) is 4.04. The van der Waals surface area contributed by atoms with Gasteiger partial charge in [0, 0.05) is 37.7 Å². The molecule has 9 nitrogen and oxygen atoms in total. The number of Topliss-reactive ketones (excluding diaryl/α,β-unsaturated/α-hetero) is 1. The summed E-state index contributed by atoms with van der Waals surface area (Å²) in [6.45, 7) is 12.2. The van der Waals surface area contributed by atoms with Gasteiger partial charge in [-0.2, -0.15) is 9.61 Å². The van der Waals surface area contributed by atoms with Gasteiger partial charge in [0.25, 0.3) is 11.5 Å². The van der Waals surface area contributed by atoms with Crippen molar-refractivity contribution < 1.29 is 14.3 Å². The smallest absolute Gasteiger partial charge is 0.280 e. The number of amides is 1. The minimum Gasteiger partial charge on any atom is -0.379 e. The number of carbonyl (C=O) groups is 2. The van der Waals surface area contributed by atoms with Crippen LogP contribution < -0.4 is 5.56 Å². The second-order valence-electron chi connectivity index (χ2n) is 9.15. The topological polar surface area (TPSA) is 89.2 Å². The van der Waals surface area contributed by atoms with E-state index in [-0.39, 0.29) is 35.8 Å². The first kappa shape index (κ1) is 20.7. The highest BCUT2D eigenvalue weighted by molar-refractivity contribution is 5.97. The molecule has 0 bridgehead atoms. The maximum absolute atomic E-state index is 13.3.